The first kappa shape index (κ1) is 19.1. The van der Waals surface area contributed by atoms with Gasteiger partial charge in [0.15, 0.2) is 0 Å². The summed E-state index contributed by atoms with van der Waals surface area (Å²) in [4.78, 5) is 14.3. The summed E-state index contributed by atoms with van der Waals surface area (Å²) in [6, 6.07) is 14.2. The number of nitrogens with zero attached hydrogens (tertiary/aromatic N) is 1. The van der Waals surface area contributed by atoms with Gasteiger partial charge in [0, 0.05) is 37.4 Å². The minimum Gasteiger partial charge on any atom is -0.370 e. The second-order valence-electron chi connectivity index (χ2n) is 6.29. The minimum absolute atomic E-state index is 0.0792. The zero-order valence-corrected chi connectivity index (χ0v) is 15.8. The summed E-state index contributed by atoms with van der Waals surface area (Å²) < 4.78 is 27.8. The van der Waals surface area contributed by atoms with E-state index in [1.807, 2.05) is 12.1 Å². The summed E-state index contributed by atoms with van der Waals surface area (Å²) in [5, 5.41) is 2.64. The summed E-state index contributed by atoms with van der Waals surface area (Å²) >= 11 is 0. The normalized spacial score (nSPS) is 13.3. The largest absolute Gasteiger partial charge is 0.370 e. The van der Waals surface area contributed by atoms with Crippen LogP contribution in [0.2, 0.25) is 0 Å². The van der Waals surface area contributed by atoms with E-state index in [9.17, 15) is 13.2 Å². The van der Waals surface area contributed by atoms with Crippen molar-refractivity contribution >= 4 is 21.6 Å². The van der Waals surface area contributed by atoms with E-state index in [1.165, 1.54) is 17.7 Å². The molecule has 1 aliphatic heterocycles. The van der Waals surface area contributed by atoms with E-state index in [4.69, 9.17) is 0 Å². The van der Waals surface area contributed by atoms with Crippen molar-refractivity contribution in [3.63, 3.8) is 0 Å². The number of amides is 1. The van der Waals surface area contributed by atoms with Gasteiger partial charge in [0.1, 0.15) is 0 Å². The molecule has 0 unspecified atom stereocenters. The van der Waals surface area contributed by atoms with Crippen molar-refractivity contribution in [2.45, 2.75) is 11.3 Å². The smallest absolute Gasteiger partial charge is 0.251 e. The Morgan fingerprint density at radius 1 is 1.19 bits per heavy atom. The van der Waals surface area contributed by atoms with Gasteiger partial charge < -0.3 is 10.2 Å². The summed E-state index contributed by atoms with van der Waals surface area (Å²) in [7, 11) is -3.68. The van der Waals surface area contributed by atoms with Crippen LogP contribution in [0.3, 0.4) is 0 Å². The van der Waals surface area contributed by atoms with Crippen molar-refractivity contribution in [3.8, 4) is 0 Å². The van der Waals surface area contributed by atoms with E-state index in [1.54, 1.807) is 18.2 Å². The fourth-order valence-electron chi connectivity index (χ4n) is 3.11. The maximum Gasteiger partial charge on any atom is 0.251 e. The number of fused-ring (bicyclic) bond motifs is 1. The average Bonchev–Trinajstić information content (AvgIpc) is 3.09. The van der Waals surface area contributed by atoms with Crippen LogP contribution in [0.5, 0.6) is 0 Å². The van der Waals surface area contributed by atoms with Crippen molar-refractivity contribution in [3.05, 3.63) is 72.3 Å². The van der Waals surface area contributed by atoms with E-state index in [2.05, 4.69) is 33.7 Å². The fourth-order valence-corrected chi connectivity index (χ4v) is 4.18. The summed E-state index contributed by atoms with van der Waals surface area (Å²) in [6.45, 7) is 5.64. The monoisotopic (exact) mass is 385 g/mol. The molecule has 6 nitrogen and oxygen atoms in total. The third-order valence-electron chi connectivity index (χ3n) is 4.47. The molecule has 2 aromatic carbocycles. The Morgan fingerprint density at radius 2 is 2.00 bits per heavy atom. The lowest BCUT2D eigenvalue weighted by atomic mass is 10.2. The predicted octanol–water partition coefficient (Wildman–Crippen LogP) is 1.94. The molecular formula is C20H23N3O3S. The van der Waals surface area contributed by atoms with Gasteiger partial charge in [-0.3, -0.25) is 4.79 Å². The molecule has 1 heterocycles. The van der Waals surface area contributed by atoms with Gasteiger partial charge in [-0.2, -0.15) is 0 Å². The van der Waals surface area contributed by atoms with E-state index in [-0.39, 0.29) is 10.8 Å². The van der Waals surface area contributed by atoms with Gasteiger partial charge in [-0.25, -0.2) is 13.1 Å². The number of rotatable bonds is 8. The number of sulfonamides is 1. The molecule has 0 bridgehead atoms. The molecule has 1 aliphatic rings. The van der Waals surface area contributed by atoms with Crippen LogP contribution in [-0.2, 0) is 16.4 Å². The number of anilines is 1. The quantitative estimate of drug-likeness (QED) is 0.681. The zero-order valence-electron chi connectivity index (χ0n) is 15.0. The topological polar surface area (TPSA) is 78.5 Å². The molecule has 0 aliphatic carbocycles. The van der Waals surface area contributed by atoms with Crippen molar-refractivity contribution in [2.75, 3.05) is 31.1 Å². The number of para-hydroxylation sites is 1. The molecule has 0 fully saturated rings. The second kappa shape index (κ2) is 8.37. The molecule has 1 amide bonds. The Kier molecular flexibility index (Phi) is 5.93. The summed E-state index contributed by atoms with van der Waals surface area (Å²) in [5.41, 5.74) is 2.75. The highest BCUT2D eigenvalue weighted by atomic mass is 32.2. The first-order valence-electron chi connectivity index (χ1n) is 8.83. The van der Waals surface area contributed by atoms with Gasteiger partial charge in [-0.05, 0) is 36.2 Å². The predicted molar refractivity (Wildman–Crippen MR) is 107 cm³/mol. The number of carbonyl (C=O) groups excluding carboxylic acids is 1. The molecule has 3 rings (SSSR count). The van der Waals surface area contributed by atoms with Crippen LogP contribution < -0.4 is 14.9 Å². The average molecular weight is 385 g/mol. The number of nitrogens with one attached hydrogen (secondary N) is 2. The molecular weight excluding hydrogens is 362 g/mol. The molecule has 7 heteroatoms. The first-order chi connectivity index (χ1) is 13.0. The van der Waals surface area contributed by atoms with E-state index in [0.29, 0.717) is 25.2 Å². The maximum absolute atomic E-state index is 12.6. The van der Waals surface area contributed by atoms with Crippen LogP contribution in [0.15, 0.2) is 66.1 Å². The molecule has 27 heavy (non-hydrogen) atoms. The van der Waals surface area contributed by atoms with Crippen molar-refractivity contribution in [2.24, 2.45) is 0 Å². The molecule has 0 radical (unpaired) electrons. The summed E-state index contributed by atoms with van der Waals surface area (Å²) in [5.74, 6) is -0.333. The molecule has 2 N–H and O–H groups in total. The van der Waals surface area contributed by atoms with Crippen LogP contribution >= 0.6 is 0 Å². The highest BCUT2D eigenvalue weighted by Gasteiger charge is 2.20. The molecule has 0 atom stereocenters. The Bertz CT molecular complexity index is 941. The Hall–Kier alpha value is -2.64. The van der Waals surface area contributed by atoms with Crippen molar-refractivity contribution in [1.29, 1.82) is 0 Å². The number of hydrogen-bond acceptors (Lipinski definition) is 4. The van der Waals surface area contributed by atoms with Gasteiger partial charge in [0.2, 0.25) is 10.0 Å². The molecule has 0 saturated carbocycles. The van der Waals surface area contributed by atoms with Crippen LogP contribution in [0.25, 0.3) is 0 Å². The summed E-state index contributed by atoms with van der Waals surface area (Å²) in [6.07, 6.45) is 2.54. The highest BCUT2D eigenvalue weighted by Crippen LogP contribution is 2.26. The van der Waals surface area contributed by atoms with Crippen LogP contribution in [0, 0.1) is 0 Å². The maximum atomic E-state index is 12.6. The SMILES string of the molecule is C=CCNC(=O)c1cccc(S(=O)(=O)NCCN2CCc3ccccc32)c1. The highest BCUT2D eigenvalue weighted by molar-refractivity contribution is 7.89. The Labute approximate surface area is 159 Å². The fraction of sp³-hybridized carbons (Fsp3) is 0.250. The minimum atomic E-state index is -3.68. The number of benzene rings is 2. The van der Waals surface area contributed by atoms with Crippen molar-refractivity contribution < 1.29 is 13.2 Å². The molecule has 142 valence electrons. The van der Waals surface area contributed by atoms with Crippen LogP contribution in [0.4, 0.5) is 5.69 Å². The molecule has 0 spiro atoms. The van der Waals surface area contributed by atoms with Gasteiger partial charge in [-0.15, -0.1) is 6.58 Å². The Morgan fingerprint density at radius 3 is 2.81 bits per heavy atom. The van der Waals surface area contributed by atoms with Gasteiger partial charge in [-0.1, -0.05) is 30.3 Å². The Balaban J connectivity index is 1.62. The lowest BCUT2D eigenvalue weighted by molar-refractivity contribution is 0.0958. The lowest BCUT2D eigenvalue weighted by Gasteiger charge is -2.19. The molecule has 0 aromatic heterocycles. The van der Waals surface area contributed by atoms with Crippen LogP contribution in [0.1, 0.15) is 15.9 Å². The van der Waals surface area contributed by atoms with Gasteiger partial charge in [0.05, 0.1) is 4.90 Å². The number of hydrogen-bond donors (Lipinski definition) is 2. The van der Waals surface area contributed by atoms with Crippen LogP contribution in [-0.4, -0.2) is 40.5 Å². The zero-order chi connectivity index (χ0) is 19.3. The molecule has 0 saturated heterocycles. The third-order valence-corrected chi connectivity index (χ3v) is 5.93. The standard InChI is InChI=1S/C20H23N3O3S/c1-2-11-21-20(24)17-7-5-8-18(15-17)27(25,26)22-12-14-23-13-10-16-6-3-4-9-19(16)23/h2-9,15,22H,1,10-14H2,(H,21,24). The van der Waals surface area contributed by atoms with Gasteiger partial charge >= 0.3 is 0 Å². The van der Waals surface area contributed by atoms with Crippen molar-refractivity contribution in [1.82, 2.24) is 10.0 Å². The van der Waals surface area contributed by atoms with E-state index in [0.717, 1.165) is 18.7 Å². The number of carbonyl (C=O) groups is 1. The molecule has 2 aromatic rings. The second-order valence-corrected chi connectivity index (χ2v) is 8.06. The first-order valence-corrected chi connectivity index (χ1v) is 10.3. The lowest BCUT2D eigenvalue weighted by Crippen LogP contribution is -2.34. The van der Waals surface area contributed by atoms with Gasteiger partial charge in [0.25, 0.3) is 5.91 Å². The van der Waals surface area contributed by atoms with E-state index >= 15 is 0 Å². The third kappa shape index (κ3) is 4.56. The van der Waals surface area contributed by atoms with E-state index < -0.39 is 10.0 Å².